The van der Waals surface area contributed by atoms with Crippen molar-refractivity contribution in [3.05, 3.63) is 29.8 Å². The van der Waals surface area contributed by atoms with Crippen molar-refractivity contribution >= 4 is 33.4 Å². The lowest BCUT2D eigenvalue weighted by molar-refractivity contribution is 0.416. The summed E-state index contributed by atoms with van der Waals surface area (Å²) in [5.41, 5.74) is 0.932. The first-order valence-electron chi connectivity index (χ1n) is 6.34. The SMILES string of the molecule is CCC1CN(S(=O)(=O)c2ccc(CCl)cc2)CCS1. The van der Waals surface area contributed by atoms with Crippen LogP contribution in [0.5, 0.6) is 0 Å². The highest BCUT2D eigenvalue weighted by Gasteiger charge is 2.29. The molecule has 1 aliphatic rings. The number of sulfonamides is 1. The first-order valence-corrected chi connectivity index (χ1v) is 9.37. The van der Waals surface area contributed by atoms with E-state index in [0.29, 0.717) is 29.1 Å². The van der Waals surface area contributed by atoms with Crippen molar-refractivity contribution in [1.82, 2.24) is 4.31 Å². The Bertz CT molecular complexity index is 516. The van der Waals surface area contributed by atoms with Crippen LogP contribution in [0.2, 0.25) is 0 Å². The van der Waals surface area contributed by atoms with E-state index in [1.54, 1.807) is 28.6 Å². The lowest BCUT2D eigenvalue weighted by Gasteiger charge is -2.31. The first kappa shape index (κ1) is 15.2. The zero-order chi connectivity index (χ0) is 13.9. The Morgan fingerprint density at radius 3 is 2.63 bits per heavy atom. The molecule has 0 radical (unpaired) electrons. The van der Waals surface area contributed by atoms with E-state index >= 15 is 0 Å². The molecule has 0 spiro atoms. The van der Waals surface area contributed by atoms with Crippen molar-refractivity contribution in [2.75, 3.05) is 18.8 Å². The van der Waals surface area contributed by atoms with E-state index in [2.05, 4.69) is 6.92 Å². The third-order valence-corrected chi connectivity index (χ3v) is 6.83. The van der Waals surface area contributed by atoms with Gasteiger partial charge in [0.05, 0.1) is 4.90 Å². The van der Waals surface area contributed by atoms with Gasteiger partial charge in [0.15, 0.2) is 0 Å². The molecule has 0 saturated carbocycles. The maximum Gasteiger partial charge on any atom is 0.243 e. The molecular formula is C13H18ClNO2S2. The Morgan fingerprint density at radius 1 is 1.37 bits per heavy atom. The van der Waals surface area contributed by atoms with Gasteiger partial charge in [0.2, 0.25) is 10.0 Å². The van der Waals surface area contributed by atoms with E-state index < -0.39 is 10.0 Å². The van der Waals surface area contributed by atoms with Gasteiger partial charge < -0.3 is 0 Å². The molecule has 1 aromatic rings. The van der Waals surface area contributed by atoms with Crippen LogP contribution in [0.25, 0.3) is 0 Å². The van der Waals surface area contributed by atoms with E-state index in [9.17, 15) is 8.42 Å². The van der Waals surface area contributed by atoms with Gasteiger partial charge >= 0.3 is 0 Å². The van der Waals surface area contributed by atoms with Crippen molar-refractivity contribution < 1.29 is 8.42 Å². The topological polar surface area (TPSA) is 37.4 Å². The molecule has 1 saturated heterocycles. The quantitative estimate of drug-likeness (QED) is 0.801. The molecule has 2 rings (SSSR count). The average molecular weight is 320 g/mol. The van der Waals surface area contributed by atoms with Crippen LogP contribution < -0.4 is 0 Å². The normalized spacial score (nSPS) is 21.5. The van der Waals surface area contributed by atoms with Crippen LogP contribution in [0.1, 0.15) is 18.9 Å². The van der Waals surface area contributed by atoms with Crippen molar-refractivity contribution in [1.29, 1.82) is 0 Å². The second kappa shape index (κ2) is 6.48. The van der Waals surface area contributed by atoms with E-state index in [1.807, 2.05) is 11.8 Å². The largest absolute Gasteiger partial charge is 0.243 e. The minimum Gasteiger partial charge on any atom is -0.207 e. The number of thioether (sulfide) groups is 1. The molecule has 0 aliphatic carbocycles. The van der Waals surface area contributed by atoms with E-state index in [0.717, 1.165) is 17.7 Å². The van der Waals surface area contributed by atoms with Crippen LogP contribution in [0, 0.1) is 0 Å². The van der Waals surface area contributed by atoms with Crippen molar-refractivity contribution in [3.8, 4) is 0 Å². The van der Waals surface area contributed by atoms with Gasteiger partial charge in [-0.1, -0.05) is 19.1 Å². The third kappa shape index (κ3) is 3.45. The molecule has 1 aromatic carbocycles. The lowest BCUT2D eigenvalue weighted by Crippen LogP contribution is -2.41. The maximum absolute atomic E-state index is 12.5. The summed E-state index contributed by atoms with van der Waals surface area (Å²) >= 11 is 7.58. The third-order valence-electron chi connectivity index (χ3n) is 3.27. The summed E-state index contributed by atoms with van der Waals surface area (Å²) in [7, 11) is -3.35. The summed E-state index contributed by atoms with van der Waals surface area (Å²) in [5.74, 6) is 1.27. The Balaban J connectivity index is 2.20. The molecule has 0 aromatic heterocycles. The van der Waals surface area contributed by atoms with Crippen LogP contribution >= 0.6 is 23.4 Å². The van der Waals surface area contributed by atoms with Crippen molar-refractivity contribution in [2.24, 2.45) is 0 Å². The summed E-state index contributed by atoms with van der Waals surface area (Å²) in [4.78, 5) is 0.364. The molecule has 0 bridgehead atoms. The highest BCUT2D eigenvalue weighted by Crippen LogP contribution is 2.26. The maximum atomic E-state index is 12.5. The smallest absolute Gasteiger partial charge is 0.207 e. The number of hydrogen-bond donors (Lipinski definition) is 0. The van der Waals surface area contributed by atoms with Gasteiger partial charge in [0.25, 0.3) is 0 Å². The molecule has 0 amide bonds. The highest BCUT2D eigenvalue weighted by atomic mass is 35.5. The Labute approximate surface area is 124 Å². The molecule has 1 aliphatic heterocycles. The molecule has 3 nitrogen and oxygen atoms in total. The second-order valence-corrected chi connectivity index (χ2v) is 8.16. The van der Waals surface area contributed by atoms with Gasteiger partial charge in [-0.2, -0.15) is 16.1 Å². The van der Waals surface area contributed by atoms with Gasteiger partial charge in [0, 0.05) is 30.0 Å². The molecule has 0 N–H and O–H groups in total. The Hall–Kier alpha value is -0.230. The minimum atomic E-state index is -3.35. The van der Waals surface area contributed by atoms with Gasteiger partial charge in [-0.05, 0) is 24.1 Å². The lowest BCUT2D eigenvalue weighted by atomic mass is 10.2. The zero-order valence-corrected chi connectivity index (χ0v) is 13.3. The Kier molecular flexibility index (Phi) is 5.17. The molecule has 6 heteroatoms. The molecular weight excluding hydrogens is 302 g/mol. The zero-order valence-electron chi connectivity index (χ0n) is 10.9. The predicted octanol–water partition coefficient (Wildman–Crippen LogP) is 2.94. The molecule has 106 valence electrons. The van der Waals surface area contributed by atoms with Crippen LogP contribution in [-0.4, -0.2) is 36.8 Å². The number of alkyl halides is 1. The summed E-state index contributed by atoms with van der Waals surface area (Å²) in [6.07, 6.45) is 1.00. The van der Waals surface area contributed by atoms with Crippen molar-refractivity contribution in [3.63, 3.8) is 0 Å². The first-order chi connectivity index (χ1) is 9.07. The summed E-state index contributed by atoms with van der Waals surface area (Å²) < 4.78 is 26.7. The fourth-order valence-electron chi connectivity index (χ4n) is 2.06. The molecule has 1 atom stereocenters. The summed E-state index contributed by atoms with van der Waals surface area (Å²) in [5, 5.41) is 0.408. The average Bonchev–Trinajstić information content (AvgIpc) is 2.47. The van der Waals surface area contributed by atoms with Crippen LogP contribution in [-0.2, 0) is 15.9 Å². The fourth-order valence-corrected chi connectivity index (χ4v) is 5.11. The molecule has 1 fully saturated rings. The summed E-state index contributed by atoms with van der Waals surface area (Å²) in [6.45, 7) is 3.31. The number of halogens is 1. The number of rotatable bonds is 4. The van der Waals surface area contributed by atoms with E-state index in [4.69, 9.17) is 11.6 Å². The molecule has 1 unspecified atom stereocenters. The van der Waals surface area contributed by atoms with Crippen LogP contribution in [0.4, 0.5) is 0 Å². The fraction of sp³-hybridized carbons (Fsp3) is 0.538. The van der Waals surface area contributed by atoms with Crippen LogP contribution in [0.15, 0.2) is 29.2 Å². The predicted molar refractivity (Wildman–Crippen MR) is 81.3 cm³/mol. The number of hydrogen-bond acceptors (Lipinski definition) is 3. The molecule has 1 heterocycles. The standard InChI is InChI=1S/C13H18ClNO2S2/c1-2-12-10-15(7-8-18-12)19(16,17)13-5-3-11(9-14)4-6-13/h3-6,12H,2,7-10H2,1H3. The Morgan fingerprint density at radius 2 is 2.05 bits per heavy atom. The monoisotopic (exact) mass is 319 g/mol. The number of benzene rings is 1. The van der Waals surface area contributed by atoms with Gasteiger partial charge in [-0.15, -0.1) is 11.6 Å². The highest BCUT2D eigenvalue weighted by molar-refractivity contribution is 8.00. The summed E-state index contributed by atoms with van der Waals surface area (Å²) in [6, 6.07) is 6.84. The van der Waals surface area contributed by atoms with Crippen LogP contribution in [0.3, 0.4) is 0 Å². The van der Waals surface area contributed by atoms with Gasteiger partial charge in [0.1, 0.15) is 0 Å². The van der Waals surface area contributed by atoms with E-state index in [-0.39, 0.29) is 0 Å². The number of nitrogens with zero attached hydrogens (tertiary/aromatic N) is 1. The van der Waals surface area contributed by atoms with Crippen molar-refractivity contribution in [2.45, 2.75) is 29.4 Å². The minimum absolute atomic E-state index is 0.364. The molecule has 19 heavy (non-hydrogen) atoms. The van der Waals surface area contributed by atoms with E-state index in [1.165, 1.54) is 0 Å². The second-order valence-electron chi connectivity index (χ2n) is 4.54. The van der Waals surface area contributed by atoms with Gasteiger partial charge in [-0.25, -0.2) is 8.42 Å². The van der Waals surface area contributed by atoms with Gasteiger partial charge in [-0.3, -0.25) is 0 Å².